The fourth-order valence-corrected chi connectivity index (χ4v) is 3.91. The summed E-state index contributed by atoms with van der Waals surface area (Å²) in [6.07, 6.45) is 1.42. The Kier molecular flexibility index (Phi) is 6.65. The summed E-state index contributed by atoms with van der Waals surface area (Å²) >= 11 is 1.42. The minimum absolute atomic E-state index is 0.252. The molecular formula is C23H20N4O5S. The van der Waals surface area contributed by atoms with Gasteiger partial charge in [-0.15, -0.1) is 11.3 Å². The molecular weight excluding hydrogens is 444 g/mol. The fourth-order valence-electron chi connectivity index (χ4n) is 3.08. The summed E-state index contributed by atoms with van der Waals surface area (Å²) in [5.74, 6) is 1.18. The molecule has 0 spiro atoms. The number of hydrogen-bond donors (Lipinski definition) is 0. The number of benzene rings is 2. The first-order valence-corrected chi connectivity index (χ1v) is 10.7. The van der Waals surface area contributed by atoms with Gasteiger partial charge in [-0.2, -0.15) is 5.10 Å². The largest absolute Gasteiger partial charge is 0.497 e. The van der Waals surface area contributed by atoms with Gasteiger partial charge in [0.1, 0.15) is 16.4 Å². The predicted octanol–water partition coefficient (Wildman–Crippen LogP) is 4.72. The third-order valence-electron chi connectivity index (χ3n) is 4.70. The Labute approximate surface area is 193 Å². The van der Waals surface area contributed by atoms with Gasteiger partial charge in [0, 0.05) is 17.0 Å². The SMILES string of the molecule is COc1ccc(-c2csc(=NCc3ccccc3)n2N=Cc2ccc([N+](=O)[O-])o2)c(OC)c1. The number of ether oxygens (including phenoxy) is 2. The van der Waals surface area contributed by atoms with E-state index >= 15 is 0 Å². The van der Waals surface area contributed by atoms with Crippen LogP contribution in [0.5, 0.6) is 11.5 Å². The molecule has 0 N–H and O–H groups in total. The van der Waals surface area contributed by atoms with Crippen LogP contribution in [0.15, 0.2) is 80.6 Å². The fraction of sp³-hybridized carbons (Fsp3) is 0.130. The van der Waals surface area contributed by atoms with Crippen molar-refractivity contribution in [2.24, 2.45) is 10.1 Å². The van der Waals surface area contributed by atoms with Crippen molar-refractivity contribution in [1.29, 1.82) is 0 Å². The number of nitro groups is 1. The van der Waals surface area contributed by atoms with E-state index in [1.54, 1.807) is 25.0 Å². The second kappa shape index (κ2) is 9.96. The number of methoxy groups -OCH3 is 2. The monoisotopic (exact) mass is 464 g/mol. The highest BCUT2D eigenvalue weighted by molar-refractivity contribution is 7.07. The second-order valence-electron chi connectivity index (χ2n) is 6.76. The van der Waals surface area contributed by atoms with Gasteiger partial charge in [-0.05, 0) is 23.8 Å². The molecule has 0 aliphatic carbocycles. The molecule has 168 valence electrons. The molecule has 2 heterocycles. The summed E-state index contributed by atoms with van der Waals surface area (Å²) in [5.41, 5.74) is 2.59. The molecule has 0 unspecified atom stereocenters. The number of hydrogen-bond acceptors (Lipinski definition) is 8. The number of furan rings is 1. The molecule has 9 nitrogen and oxygen atoms in total. The van der Waals surface area contributed by atoms with Gasteiger partial charge in [0.15, 0.2) is 5.76 Å². The maximum absolute atomic E-state index is 10.9. The van der Waals surface area contributed by atoms with Crippen LogP contribution in [0.25, 0.3) is 11.3 Å². The first kappa shape index (κ1) is 22.0. The second-order valence-corrected chi connectivity index (χ2v) is 7.60. The molecule has 0 aliphatic rings. The van der Waals surface area contributed by atoms with Crippen molar-refractivity contribution >= 4 is 23.4 Å². The Morgan fingerprint density at radius 2 is 1.94 bits per heavy atom. The van der Waals surface area contributed by atoms with Crippen LogP contribution in [0, 0.1) is 10.1 Å². The van der Waals surface area contributed by atoms with Crippen LogP contribution in [0.2, 0.25) is 0 Å². The summed E-state index contributed by atoms with van der Waals surface area (Å²) in [4.78, 5) is 15.7. The number of thiazole rings is 1. The van der Waals surface area contributed by atoms with Crippen LogP contribution >= 0.6 is 11.3 Å². The zero-order valence-corrected chi connectivity index (χ0v) is 18.7. The Bertz CT molecular complexity index is 1350. The Morgan fingerprint density at radius 3 is 2.64 bits per heavy atom. The van der Waals surface area contributed by atoms with Crippen LogP contribution in [0.1, 0.15) is 11.3 Å². The minimum Gasteiger partial charge on any atom is -0.497 e. The van der Waals surface area contributed by atoms with Crippen LogP contribution in [-0.4, -0.2) is 30.0 Å². The van der Waals surface area contributed by atoms with Gasteiger partial charge in [0.2, 0.25) is 4.80 Å². The molecule has 2 aromatic carbocycles. The van der Waals surface area contributed by atoms with Gasteiger partial charge in [-0.1, -0.05) is 30.3 Å². The average molecular weight is 465 g/mol. The summed E-state index contributed by atoms with van der Waals surface area (Å²) in [6.45, 7) is 0.474. The van der Waals surface area contributed by atoms with Crippen LogP contribution in [0.4, 0.5) is 5.88 Å². The zero-order chi connectivity index (χ0) is 23.2. The van der Waals surface area contributed by atoms with Gasteiger partial charge in [0.05, 0.1) is 38.7 Å². The molecule has 0 saturated heterocycles. The molecule has 4 aromatic rings. The standard InChI is InChI=1S/C23H20N4O5S/c1-30-17-8-10-19(21(12-17)31-2)20-15-33-23(24-13-16-6-4-3-5-7-16)26(20)25-14-18-9-11-22(32-18)27(28)29/h3-12,14-15H,13H2,1-2H3. The van der Waals surface area contributed by atoms with Crippen molar-refractivity contribution in [3.63, 3.8) is 0 Å². The number of nitrogens with zero attached hydrogens (tertiary/aromatic N) is 4. The highest BCUT2D eigenvalue weighted by Gasteiger charge is 2.15. The molecule has 0 saturated carbocycles. The maximum Gasteiger partial charge on any atom is 0.433 e. The van der Waals surface area contributed by atoms with E-state index in [1.807, 2.05) is 47.8 Å². The van der Waals surface area contributed by atoms with E-state index in [-0.39, 0.29) is 11.6 Å². The van der Waals surface area contributed by atoms with Gasteiger partial charge in [-0.3, -0.25) is 15.1 Å². The summed E-state index contributed by atoms with van der Waals surface area (Å²) in [6, 6.07) is 18.2. The highest BCUT2D eigenvalue weighted by Crippen LogP contribution is 2.33. The molecule has 0 amide bonds. The summed E-state index contributed by atoms with van der Waals surface area (Å²) < 4.78 is 17.7. The van der Waals surface area contributed by atoms with Crippen molar-refractivity contribution < 1.29 is 18.8 Å². The normalized spacial score (nSPS) is 11.8. The smallest absolute Gasteiger partial charge is 0.433 e. The maximum atomic E-state index is 10.9. The summed E-state index contributed by atoms with van der Waals surface area (Å²) in [5, 5.41) is 17.4. The van der Waals surface area contributed by atoms with Gasteiger partial charge < -0.3 is 13.9 Å². The molecule has 10 heteroatoms. The molecule has 33 heavy (non-hydrogen) atoms. The molecule has 0 atom stereocenters. The Hall–Kier alpha value is -4.18. The third kappa shape index (κ3) is 5.01. The van der Waals surface area contributed by atoms with E-state index in [4.69, 9.17) is 18.9 Å². The van der Waals surface area contributed by atoms with Gasteiger partial charge in [-0.25, -0.2) is 4.68 Å². The van der Waals surface area contributed by atoms with Gasteiger partial charge >= 0.3 is 5.88 Å². The van der Waals surface area contributed by atoms with E-state index in [2.05, 4.69) is 5.10 Å². The number of aromatic nitrogens is 1. The molecule has 4 rings (SSSR count). The van der Waals surface area contributed by atoms with Crippen molar-refractivity contribution in [2.75, 3.05) is 14.2 Å². The Balaban J connectivity index is 1.79. The predicted molar refractivity (Wildman–Crippen MR) is 125 cm³/mol. The average Bonchev–Trinajstić information content (AvgIpc) is 3.48. The quantitative estimate of drug-likeness (QED) is 0.213. The molecule has 2 aromatic heterocycles. The van der Waals surface area contributed by atoms with Crippen LogP contribution in [-0.2, 0) is 6.54 Å². The van der Waals surface area contributed by atoms with E-state index in [9.17, 15) is 10.1 Å². The zero-order valence-electron chi connectivity index (χ0n) is 17.9. The van der Waals surface area contributed by atoms with Crippen molar-refractivity contribution in [3.05, 3.63) is 92.3 Å². The first-order chi connectivity index (χ1) is 16.1. The van der Waals surface area contributed by atoms with Crippen molar-refractivity contribution in [2.45, 2.75) is 6.54 Å². The van der Waals surface area contributed by atoms with E-state index in [0.717, 1.165) is 16.8 Å². The summed E-state index contributed by atoms with van der Waals surface area (Å²) in [7, 11) is 3.17. The van der Waals surface area contributed by atoms with E-state index in [0.29, 0.717) is 22.8 Å². The van der Waals surface area contributed by atoms with Crippen molar-refractivity contribution in [1.82, 2.24) is 4.68 Å². The topological polar surface area (TPSA) is 104 Å². The van der Waals surface area contributed by atoms with Crippen LogP contribution < -0.4 is 14.3 Å². The molecule has 0 fully saturated rings. The van der Waals surface area contributed by atoms with Crippen molar-refractivity contribution in [3.8, 4) is 22.8 Å². The first-order valence-electron chi connectivity index (χ1n) is 9.85. The molecule has 0 aliphatic heterocycles. The lowest BCUT2D eigenvalue weighted by Crippen LogP contribution is -2.12. The van der Waals surface area contributed by atoms with E-state index < -0.39 is 4.92 Å². The Morgan fingerprint density at radius 1 is 1.12 bits per heavy atom. The molecule has 0 bridgehead atoms. The highest BCUT2D eigenvalue weighted by atomic mass is 32.1. The van der Waals surface area contributed by atoms with Crippen LogP contribution in [0.3, 0.4) is 0 Å². The van der Waals surface area contributed by atoms with Gasteiger partial charge in [0.25, 0.3) is 0 Å². The lowest BCUT2D eigenvalue weighted by molar-refractivity contribution is -0.402. The molecule has 0 radical (unpaired) electrons. The lowest BCUT2D eigenvalue weighted by Gasteiger charge is -2.10. The lowest BCUT2D eigenvalue weighted by atomic mass is 10.1. The minimum atomic E-state index is -0.594. The number of rotatable bonds is 8. The van der Waals surface area contributed by atoms with E-state index in [1.165, 1.54) is 29.7 Å². The third-order valence-corrected chi connectivity index (χ3v) is 5.56.